The molecule has 1 aliphatic carbocycles. The van der Waals surface area contributed by atoms with Crippen LogP contribution in [0.25, 0.3) is 0 Å². The lowest BCUT2D eigenvalue weighted by Gasteiger charge is -2.26. The molecule has 25 heavy (non-hydrogen) atoms. The molecule has 0 spiro atoms. The molecule has 0 heterocycles. The summed E-state index contributed by atoms with van der Waals surface area (Å²) in [6, 6.07) is 4.42. The van der Waals surface area contributed by atoms with Crippen LogP contribution < -0.4 is 4.74 Å². The predicted molar refractivity (Wildman–Crippen MR) is 78.9 cm³/mol. The highest BCUT2D eigenvalue weighted by molar-refractivity contribution is 5.41. The van der Waals surface area contributed by atoms with E-state index in [1.807, 2.05) is 0 Å². The Hall–Kier alpha value is -2.18. The molecule has 0 fully saturated rings. The summed E-state index contributed by atoms with van der Waals surface area (Å²) in [6.07, 6.45) is -4.21. The van der Waals surface area contributed by atoms with Gasteiger partial charge in [-0.05, 0) is 73.1 Å². The Balaban J connectivity index is 1.91. The van der Waals surface area contributed by atoms with Gasteiger partial charge in [0.2, 0.25) is 0 Å². The topological polar surface area (TPSA) is 9.23 Å². The van der Waals surface area contributed by atoms with Gasteiger partial charge in [0.15, 0.2) is 11.6 Å². The van der Waals surface area contributed by atoms with Gasteiger partial charge >= 0.3 is 6.36 Å². The van der Waals surface area contributed by atoms with E-state index in [-0.39, 0.29) is 18.4 Å². The number of hydrogen-bond acceptors (Lipinski definition) is 1. The van der Waals surface area contributed by atoms with Crippen LogP contribution in [0.3, 0.4) is 0 Å². The summed E-state index contributed by atoms with van der Waals surface area (Å²) < 4.78 is 82.7. The highest BCUT2D eigenvalue weighted by Crippen LogP contribution is 2.38. The Kier molecular flexibility index (Phi) is 4.43. The largest absolute Gasteiger partial charge is 0.573 e. The second kappa shape index (κ2) is 6.28. The summed E-state index contributed by atoms with van der Waals surface area (Å²) in [4.78, 5) is 0. The molecule has 134 valence electrons. The van der Waals surface area contributed by atoms with E-state index in [2.05, 4.69) is 4.74 Å². The number of rotatable bonds is 2. The number of halogens is 6. The molecular weight excluding hydrogens is 346 g/mol. The minimum Gasteiger partial charge on any atom is -0.403 e. The molecule has 0 bridgehead atoms. The maximum Gasteiger partial charge on any atom is 0.573 e. The summed E-state index contributed by atoms with van der Waals surface area (Å²) in [6.45, 7) is 1.57. The minimum absolute atomic E-state index is 0.0627. The van der Waals surface area contributed by atoms with Crippen molar-refractivity contribution < 1.29 is 31.1 Å². The molecule has 7 heteroatoms. The lowest BCUT2D eigenvalue weighted by molar-refractivity contribution is -0.275. The molecule has 1 aliphatic rings. The van der Waals surface area contributed by atoms with Crippen molar-refractivity contribution in [1.29, 1.82) is 0 Å². The molecule has 0 aliphatic heterocycles. The molecule has 0 N–H and O–H groups in total. The molecule has 1 atom stereocenters. The summed E-state index contributed by atoms with van der Waals surface area (Å²) >= 11 is 0. The summed E-state index contributed by atoms with van der Waals surface area (Å²) in [5.74, 6) is -3.87. The SMILES string of the molecule is Cc1cc(F)c(C2CCc3cc(OC(F)(F)F)c(F)cc3C2)c(F)c1. The lowest BCUT2D eigenvalue weighted by Crippen LogP contribution is -2.20. The van der Waals surface area contributed by atoms with Gasteiger partial charge in [-0.1, -0.05) is 0 Å². The van der Waals surface area contributed by atoms with Crippen molar-refractivity contribution in [3.63, 3.8) is 0 Å². The van der Waals surface area contributed by atoms with Gasteiger partial charge in [-0.25, -0.2) is 13.2 Å². The van der Waals surface area contributed by atoms with Crippen LogP contribution in [0.5, 0.6) is 5.75 Å². The molecule has 2 aromatic rings. The first-order chi connectivity index (χ1) is 11.6. The van der Waals surface area contributed by atoms with Gasteiger partial charge in [0.1, 0.15) is 11.6 Å². The molecular formula is C18H14F6O. The Labute approximate surface area is 140 Å². The molecule has 1 nitrogen and oxygen atoms in total. The monoisotopic (exact) mass is 360 g/mol. The Morgan fingerprint density at radius 3 is 2.16 bits per heavy atom. The summed E-state index contributed by atoms with van der Waals surface area (Å²) in [5, 5.41) is 0. The normalized spacial score (nSPS) is 17.3. The number of benzene rings is 2. The summed E-state index contributed by atoms with van der Waals surface area (Å²) in [7, 11) is 0. The third-order valence-corrected chi connectivity index (χ3v) is 4.34. The van der Waals surface area contributed by atoms with Crippen molar-refractivity contribution in [2.24, 2.45) is 0 Å². The van der Waals surface area contributed by atoms with Crippen LogP contribution >= 0.6 is 0 Å². The number of fused-ring (bicyclic) bond motifs is 1. The lowest BCUT2D eigenvalue weighted by atomic mass is 9.79. The average Bonchev–Trinajstić information content (AvgIpc) is 2.45. The molecule has 0 saturated carbocycles. The third-order valence-electron chi connectivity index (χ3n) is 4.34. The van der Waals surface area contributed by atoms with E-state index in [1.165, 1.54) is 12.1 Å². The summed E-state index contributed by atoms with van der Waals surface area (Å²) in [5.41, 5.74) is 1.31. The fourth-order valence-electron chi connectivity index (χ4n) is 3.31. The number of hydrogen-bond donors (Lipinski definition) is 0. The first kappa shape index (κ1) is 17.6. The average molecular weight is 360 g/mol. The Morgan fingerprint density at radius 1 is 0.920 bits per heavy atom. The van der Waals surface area contributed by atoms with Gasteiger partial charge < -0.3 is 4.74 Å². The van der Waals surface area contributed by atoms with E-state index < -0.39 is 35.5 Å². The van der Waals surface area contributed by atoms with Crippen molar-refractivity contribution in [2.75, 3.05) is 0 Å². The van der Waals surface area contributed by atoms with Crippen molar-refractivity contribution in [3.05, 3.63) is 64.0 Å². The maximum atomic E-state index is 14.1. The van der Waals surface area contributed by atoms with E-state index in [0.29, 0.717) is 23.1 Å². The van der Waals surface area contributed by atoms with Gasteiger partial charge in [-0.2, -0.15) is 0 Å². The number of aryl methyl sites for hydroxylation is 2. The first-order valence-corrected chi connectivity index (χ1v) is 7.66. The quantitative estimate of drug-likeness (QED) is 0.635. The first-order valence-electron chi connectivity index (χ1n) is 7.66. The fourth-order valence-corrected chi connectivity index (χ4v) is 3.31. The van der Waals surface area contributed by atoms with Crippen LogP contribution in [0, 0.1) is 24.4 Å². The van der Waals surface area contributed by atoms with Crippen LogP contribution in [0.1, 0.15) is 34.6 Å². The second-order valence-electron chi connectivity index (χ2n) is 6.18. The zero-order valence-electron chi connectivity index (χ0n) is 13.2. The van der Waals surface area contributed by atoms with Crippen LogP contribution in [0.2, 0.25) is 0 Å². The van der Waals surface area contributed by atoms with Crippen LogP contribution in [0.15, 0.2) is 24.3 Å². The van der Waals surface area contributed by atoms with E-state index in [1.54, 1.807) is 6.92 Å². The minimum atomic E-state index is -4.99. The van der Waals surface area contributed by atoms with E-state index in [9.17, 15) is 26.3 Å². The van der Waals surface area contributed by atoms with Gasteiger partial charge in [0, 0.05) is 5.56 Å². The van der Waals surface area contributed by atoms with E-state index >= 15 is 0 Å². The van der Waals surface area contributed by atoms with Gasteiger partial charge in [-0.15, -0.1) is 13.2 Å². The number of ether oxygens (including phenoxy) is 1. The molecule has 0 aromatic heterocycles. The van der Waals surface area contributed by atoms with Gasteiger partial charge in [-0.3, -0.25) is 0 Å². The molecule has 2 aromatic carbocycles. The molecule has 0 saturated heterocycles. The Morgan fingerprint density at radius 2 is 1.56 bits per heavy atom. The van der Waals surface area contributed by atoms with E-state index in [4.69, 9.17) is 0 Å². The van der Waals surface area contributed by atoms with Crippen LogP contribution in [-0.4, -0.2) is 6.36 Å². The second-order valence-corrected chi connectivity index (χ2v) is 6.18. The van der Waals surface area contributed by atoms with Crippen molar-refractivity contribution in [2.45, 2.75) is 38.5 Å². The van der Waals surface area contributed by atoms with Gasteiger partial charge in [0.25, 0.3) is 0 Å². The smallest absolute Gasteiger partial charge is 0.403 e. The molecule has 0 radical (unpaired) electrons. The third kappa shape index (κ3) is 3.75. The van der Waals surface area contributed by atoms with Crippen molar-refractivity contribution >= 4 is 0 Å². The van der Waals surface area contributed by atoms with Crippen LogP contribution in [0.4, 0.5) is 26.3 Å². The van der Waals surface area contributed by atoms with E-state index in [0.717, 1.165) is 12.1 Å². The molecule has 3 rings (SSSR count). The molecule has 1 unspecified atom stereocenters. The zero-order chi connectivity index (χ0) is 18.4. The standard InChI is InChI=1S/C18H14F6O/c1-9-4-14(20)17(15(21)5-9)11-3-2-10-8-16(25-18(22,23)24)13(19)7-12(10)6-11/h4-5,7-8,11H,2-3,6H2,1H3. The predicted octanol–water partition coefficient (Wildman–Crippen LogP) is 5.58. The van der Waals surface area contributed by atoms with Crippen molar-refractivity contribution in [3.8, 4) is 5.75 Å². The maximum absolute atomic E-state index is 14.1. The zero-order valence-corrected chi connectivity index (χ0v) is 13.2. The highest BCUT2D eigenvalue weighted by Gasteiger charge is 2.33. The van der Waals surface area contributed by atoms with Gasteiger partial charge in [0.05, 0.1) is 0 Å². The number of alkyl halides is 3. The molecule has 0 amide bonds. The highest BCUT2D eigenvalue weighted by atomic mass is 19.4. The van der Waals surface area contributed by atoms with Crippen LogP contribution in [-0.2, 0) is 12.8 Å². The fraction of sp³-hybridized carbons (Fsp3) is 0.333. The Bertz CT molecular complexity index is 789. The van der Waals surface area contributed by atoms with Crippen molar-refractivity contribution in [1.82, 2.24) is 0 Å².